The molecule has 0 bridgehead atoms. The van der Waals surface area contributed by atoms with Crippen molar-refractivity contribution in [1.29, 1.82) is 0 Å². The molecule has 5 nitrogen and oxygen atoms in total. The summed E-state index contributed by atoms with van der Waals surface area (Å²) in [6.45, 7) is 1.59. The van der Waals surface area contributed by atoms with Crippen LogP contribution in [0.3, 0.4) is 0 Å². The van der Waals surface area contributed by atoms with E-state index in [0.29, 0.717) is 5.56 Å². The van der Waals surface area contributed by atoms with E-state index in [-0.39, 0.29) is 23.6 Å². The van der Waals surface area contributed by atoms with Crippen LogP contribution in [0, 0.1) is 21.7 Å². The van der Waals surface area contributed by atoms with Gasteiger partial charge in [0.2, 0.25) is 5.91 Å². The molecule has 2 aromatic rings. The molecule has 0 aliphatic rings. The highest BCUT2D eigenvalue weighted by molar-refractivity contribution is 5.79. The van der Waals surface area contributed by atoms with E-state index in [0.717, 1.165) is 18.2 Å². The first-order chi connectivity index (χ1) is 11.3. The first-order valence-corrected chi connectivity index (χ1v) is 7.23. The van der Waals surface area contributed by atoms with E-state index in [1.807, 2.05) is 0 Å². The molecule has 0 aliphatic heterocycles. The Hall–Kier alpha value is -2.83. The van der Waals surface area contributed by atoms with Gasteiger partial charge in [0.15, 0.2) is 0 Å². The van der Waals surface area contributed by atoms with Gasteiger partial charge in [-0.15, -0.1) is 0 Å². The molecule has 1 atom stereocenters. The molecule has 0 aromatic heterocycles. The number of carbonyl (C=O) groups is 1. The summed E-state index contributed by atoms with van der Waals surface area (Å²) < 4.78 is 27.1. The van der Waals surface area contributed by atoms with Crippen molar-refractivity contribution >= 4 is 11.6 Å². The minimum Gasteiger partial charge on any atom is -0.339 e. The van der Waals surface area contributed by atoms with Crippen LogP contribution in [-0.4, -0.2) is 22.8 Å². The summed E-state index contributed by atoms with van der Waals surface area (Å²) in [5.41, 5.74) is 0.449. The Morgan fingerprint density at radius 3 is 2.62 bits per heavy atom. The van der Waals surface area contributed by atoms with Gasteiger partial charge >= 0.3 is 0 Å². The minimum atomic E-state index is -0.674. The van der Waals surface area contributed by atoms with Crippen LogP contribution in [0.25, 0.3) is 0 Å². The Bertz CT molecular complexity index is 780. The highest BCUT2D eigenvalue weighted by Gasteiger charge is 2.21. The zero-order chi connectivity index (χ0) is 17.9. The molecule has 1 amide bonds. The van der Waals surface area contributed by atoms with Crippen LogP contribution in [0.4, 0.5) is 14.5 Å². The zero-order valence-electron chi connectivity index (χ0n) is 13.2. The average Bonchev–Trinajstić information content (AvgIpc) is 2.55. The number of nitrogens with zero attached hydrogens (tertiary/aromatic N) is 2. The number of non-ortho nitro benzene ring substituents is 1. The average molecular weight is 334 g/mol. The van der Waals surface area contributed by atoms with Crippen molar-refractivity contribution in [2.45, 2.75) is 19.4 Å². The number of likely N-dealkylation sites (N-methyl/N-ethyl adjacent to an activating group) is 1. The second-order valence-corrected chi connectivity index (χ2v) is 5.45. The summed E-state index contributed by atoms with van der Waals surface area (Å²) in [5.74, 6) is -1.54. The van der Waals surface area contributed by atoms with E-state index in [4.69, 9.17) is 0 Å². The number of hydrogen-bond acceptors (Lipinski definition) is 3. The van der Waals surface area contributed by atoms with Crippen molar-refractivity contribution in [3.05, 3.63) is 75.3 Å². The first kappa shape index (κ1) is 17.5. The normalized spacial score (nSPS) is 11.8. The van der Waals surface area contributed by atoms with Crippen molar-refractivity contribution in [2.75, 3.05) is 7.05 Å². The third-order valence-electron chi connectivity index (χ3n) is 3.86. The van der Waals surface area contributed by atoms with E-state index in [1.165, 1.54) is 30.1 Å². The largest absolute Gasteiger partial charge is 0.339 e. The molecule has 0 aliphatic carbocycles. The lowest BCUT2D eigenvalue weighted by molar-refractivity contribution is -0.384. The Morgan fingerprint density at radius 1 is 1.25 bits per heavy atom. The highest BCUT2D eigenvalue weighted by atomic mass is 19.1. The van der Waals surface area contributed by atoms with E-state index in [1.54, 1.807) is 13.0 Å². The molecule has 0 fully saturated rings. The number of nitro benzene ring substituents is 1. The Morgan fingerprint density at radius 2 is 1.96 bits per heavy atom. The van der Waals surface area contributed by atoms with Gasteiger partial charge in [-0.25, -0.2) is 8.78 Å². The van der Waals surface area contributed by atoms with E-state index in [2.05, 4.69) is 0 Å². The molecule has 0 radical (unpaired) electrons. The van der Waals surface area contributed by atoms with Gasteiger partial charge in [0.05, 0.1) is 17.4 Å². The van der Waals surface area contributed by atoms with E-state index < -0.39 is 22.6 Å². The molecule has 0 N–H and O–H groups in total. The van der Waals surface area contributed by atoms with Crippen molar-refractivity contribution < 1.29 is 18.5 Å². The van der Waals surface area contributed by atoms with Gasteiger partial charge in [-0.2, -0.15) is 0 Å². The molecule has 126 valence electrons. The van der Waals surface area contributed by atoms with Crippen LogP contribution in [0.15, 0.2) is 42.5 Å². The van der Waals surface area contributed by atoms with Crippen molar-refractivity contribution in [1.82, 2.24) is 4.90 Å². The molecule has 7 heteroatoms. The molecule has 24 heavy (non-hydrogen) atoms. The summed E-state index contributed by atoms with van der Waals surface area (Å²) in [7, 11) is 1.48. The fourth-order valence-corrected chi connectivity index (χ4v) is 2.34. The van der Waals surface area contributed by atoms with Crippen molar-refractivity contribution in [2.24, 2.45) is 0 Å². The highest BCUT2D eigenvalue weighted by Crippen LogP contribution is 2.24. The van der Waals surface area contributed by atoms with Crippen LogP contribution in [0.2, 0.25) is 0 Å². The maximum Gasteiger partial charge on any atom is 0.269 e. The number of rotatable bonds is 5. The van der Waals surface area contributed by atoms with E-state index >= 15 is 0 Å². The topological polar surface area (TPSA) is 63.5 Å². The number of amides is 1. The Kier molecular flexibility index (Phi) is 5.23. The SMILES string of the molecule is CC(c1cc(F)ccc1F)N(C)C(=O)Cc1cccc([N+](=O)[O-])c1. The zero-order valence-corrected chi connectivity index (χ0v) is 13.2. The lowest BCUT2D eigenvalue weighted by atomic mass is 10.0. The molecule has 2 aromatic carbocycles. The fraction of sp³-hybridized carbons (Fsp3) is 0.235. The minimum absolute atomic E-state index is 0.0700. The van der Waals surface area contributed by atoms with Crippen LogP contribution in [0.5, 0.6) is 0 Å². The molecule has 0 saturated heterocycles. The second-order valence-electron chi connectivity index (χ2n) is 5.45. The first-order valence-electron chi connectivity index (χ1n) is 7.23. The molecule has 0 spiro atoms. The quantitative estimate of drug-likeness (QED) is 0.619. The van der Waals surface area contributed by atoms with Gasteiger partial charge in [0.25, 0.3) is 5.69 Å². The standard InChI is InChI=1S/C17H16F2N2O3/c1-11(15-10-13(18)6-7-16(15)19)20(2)17(22)9-12-4-3-5-14(8-12)21(23)24/h3-8,10-11H,9H2,1-2H3. The molecule has 0 saturated carbocycles. The van der Waals surface area contributed by atoms with Crippen LogP contribution in [0.1, 0.15) is 24.1 Å². The van der Waals surface area contributed by atoms with Crippen molar-refractivity contribution in [3.63, 3.8) is 0 Å². The summed E-state index contributed by atoms with van der Waals surface area (Å²) in [4.78, 5) is 23.9. The number of hydrogen-bond donors (Lipinski definition) is 0. The number of halogens is 2. The lowest BCUT2D eigenvalue weighted by Crippen LogP contribution is -2.31. The van der Waals surface area contributed by atoms with Crippen LogP contribution in [-0.2, 0) is 11.2 Å². The predicted octanol–water partition coefficient (Wildman–Crippen LogP) is 3.64. The van der Waals surface area contributed by atoms with Gasteiger partial charge in [0.1, 0.15) is 11.6 Å². The Labute approximate surface area is 137 Å². The van der Waals surface area contributed by atoms with Gasteiger partial charge in [-0.1, -0.05) is 12.1 Å². The number of carbonyl (C=O) groups excluding carboxylic acids is 1. The number of benzene rings is 2. The molecule has 2 rings (SSSR count). The summed E-state index contributed by atoms with van der Waals surface area (Å²) in [6.07, 6.45) is -0.0700. The number of nitro groups is 1. The summed E-state index contributed by atoms with van der Waals surface area (Å²) in [6, 6.07) is 8.16. The smallest absolute Gasteiger partial charge is 0.269 e. The summed E-state index contributed by atoms with van der Waals surface area (Å²) in [5, 5.41) is 10.8. The molecular formula is C17H16F2N2O3. The maximum absolute atomic E-state index is 13.8. The fourth-order valence-electron chi connectivity index (χ4n) is 2.34. The summed E-state index contributed by atoms with van der Waals surface area (Å²) >= 11 is 0. The second kappa shape index (κ2) is 7.16. The van der Waals surface area contributed by atoms with Crippen LogP contribution < -0.4 is 0 Å². The van der Waals surface area contributed by atoms with Gasteiger partial charge in [-0.05, 0) is 30.7 Å². The predicted molar refractivity (Wildman–Crippen MR) is 84.3 cm³/mol. The lowest BCUT2D eigenvalue weighted by Gasteiger charge is -2.26. The molecule has 1 unspecified atom stereocenters. The van der Waals surface area contributed by atoms with Gasteiger partial charge in [-0.3, -0.25) is 14.9 Å². The van der Waals surface area contributed by atoms with Crippen molar-refractivity contribution in [3.8, 4) is 0 Å². The maximum atomic E-state index is 13.8. The molecule has 0 heterocycles. The third-order valence-corrected chi connectivity index (χ3v) is 3.86. The Balaban J connectivity index is 2.15. The third kappa shape index (κ3) is 3.92. The van der Waals surface area contributed by atoms with E-state index in [9.17, 15) is 23.7 Å². The van der Waals surface area contributed by atoms with Gasteiger partial charge < -0.3 is 4.90 Å². The monoisotopic (exact) mass is 334 g/mol. The van der Waals surface area contributed by atoms with Gasteiger partial charge in [0, 0.05) is 24.7 Å². The van der Waals surface area contributed by atoms with Crippen LogP contribution >= 0.6 is 0 Å². The molecular weight excluding hydrogens is 318 g/mol.